The van der Waals surface area contributed by atoms with Crippen molar-refractivity contribution in [3.05, 3.63) is 71.4 Å². The predicted octanol–water partition coefficient (Wildman–Crippen LogP) is 3.52. The maximum Gasteiger partial charge on any atom is 0.252 e. The van der Waals surface area contributed by atoms with Gasteiger partial charge in [-0.2, -0.15) is 0 Å². The number of hydrogen-bond donors (Lipinski definition) is 1. The highest BCUT2D eigenvalue weighted by Gasteiger charge is 2.47. The second kappa shape index (κ2) is 9.82. The van der Waals surface area contributed by atoms with Crippen LogP contribution in [0.15, 0.2) is 54.7 Å². The fourth-order valence-electron chi connectivity index (χ4n) is 5.22. The first-order valence-corrected chi connectivity index (χ1v) is 14.7. The van der Waals surface area contributed by atoms with Crippen LogP contribution in [0.1, 0.15) is 40.7 Å². The Labute approximate surface area is 213 Å². The Morgan fingerprint density at radius 2 is 1.81 bits per heavy atom. The fourth-order valence-corrected chi connectivity index (χ4v) is 5.87. The lowest BCUT2D eigenvalue weighted by Gasteiger charge is -2.36. The maximum absolute atomic E-state index is 13.5. The van der Waals surface area contributed by atoms with Crippen molar-refractivity contribution in [1.82, 2.24) is 15.2 Å². The number of carbonyl (C=O) groups is 1. The first-order valence-electron chi connectivity index (χ1n) is 12.7. The van der Waals surface area contributed by atoms with Crippen LogP contribution >= 0.6 is 0 Å². The number of sulfone groups is 1. The monoisotopic (exact) mass is 506 g/mol. The number of nitrogens with one attached hydrogen (secondary N) is 1. The summed E-state index contributed by atoms with van der Waals surface area (Å²) in [5, 5.41) is 4.46. The minimum atomic E-state index is -2.91. The Bertz CT molecular complexity index is 1370. The van der Waals surface area contributed by atoms with Crippen LogP contribution in [0.5, 0.6) is 0 Å². The van der Waals surface area contributed by atoms with Crippen molar-refractivity contribution >= 4 is 32.3 Å². The molecule has 1 saturated carbocycles. The van der Waals surface area contributed by atoms with E-state index in [2.05, 4.69) is 32.2 Å². The molecule has 1 saturated heterocycles. The normalized spacial score (nSPS) is 17.8. The van der Waals surface area contributed by atoms with Gasteiger partial charge >= 0.3 is 0 Å². The van der Waals surface area contributed by atoms with Crippen LogP contribution in [0.2, 0.25) is 0 Å². The molecule has 190 valence electrons. The Morgan fingerprint density at radius 1 is 1.06 bits per heavy atom. The molecular formula is C28H34N4O3S. The standard InChI is InChI=1S/C28H34N4O3S/c1-21-8-9-22(32-17-15-31(16-18-32)14-5-19-36(2,34)35)20-24(21)27(33)30-28(11-12-28)25-10-13-29-26-7-4-3-6-23(25)26/h3-4,6-10,13,20H,5,11-12,14-19H2,1-2H3,(H,30,33). The highest BCUT2D eigenvalue weighted by Crippen LogP contribution is 2.47. The zero-order valence-electron chi connectivity index (χ0n) is 21.0. The SMILES string of the molecule is Cc1ccc(N2CCN(CCCS(C)(=O)=O)CC2)cc1C(=O)NC1(c2ccnc3ccccc23)CC1. The number of pyridine rings is 1. The number of para-hydroxylation sites is 1. The summed E-state index contributed by atoms with van der Waals surface area (Å²) in [6.45, 7) is 6.27. The van der Waals surface area contributed by atoms with Gasteiger partial charge in [0, 0.05) is 55.3 Å². The first kappa shape index (κ1) is 24.7. The second-order valence-corrected chi connectivity index (χ2v) is 12.5. The molecule has 7 nitrogen and oxygen atoms in total. The fraction of sp³-hybridized carbons (Fsp3) is 0.429. The summed E-state index contributed by atoms with van der Waals surface area (Å²) in [5.74, 6) is 0.201. The number of benzene rings is 2. The topological polar surface area (TPSA) is 82.6 Å². The van der Waals surface area contributed by atoms with Gasteiger partial charge in [0.15, 0.2) is 0 Å². The molecule has 2 aromatic carbocycles. The smallest absolute Gasteiger partial charge is 0.252 e. The van der Waals surface area contributed by atoms with Gasteiger partial charge in [-0.05, 0) is 68.1 Å². The Morgan fingerprint density at radius 3 is 2.53 bits per heavy atom. The third-order valence-electron chi connectivity index (χ3n) is 7.46. The lowest BCUT2D eigenvalue weighted by Crippen LogP contribution is -2.47. The van der Waals surface area contributed by atoms with Gasteiger partial charge in [0.2, 0.25) is 0 Å². The largest absolute Gasteiger partial charge is 0.369 e. The number of hydrogen-bond acceptors (Lipinski definition) is 6. The van der Waals surface area contributed by atoms with E-state index in [1.54, 1.807) is 0 Å². The van der Waals surface area contributed by atoms with Crippen LogP contribution in [0.4, 0.5) is 5.69 Å². The summed E-state index contributed by atoms with van der Waals surface area (Å²) in [6, 6.07) is 16.3. The number of aryl methyl sites for hydroxylation is 1. The van der Waals surface area contributed by atoms with Gasteiger partial charge in [-0.15, -0.1) is 0 Å². The molecule has 1 aliphatic carbocycles. The summed E-state index contributed by atoms with van der Waals surface area (Å²) < 4.78 is 22.8. The van der Waals surface area contributed by atoms with E-state index in [1.807, 2.05) is 49.5 Å². The molecule has 36 heavy (non-hydrogen) atoms. The Kier molecular flexibility index (Phi) is 6.74. The number of rotatable bonds is 8. The summed E-state index contributed by atoms with van der Waals surface area (Å²) in [6.07, 6.45) is 5.64. The molecule has 3 aromatic rings. The molecule has 2 fully saturated rings. The van der Waals surface area contributed by atoms with Crippen LogP contribution in [0.25, 0.3) is 10.9 Å². The van der Waals surface area contributed by atoms with Crippen LogP contribution in [0.3, 0.4) is 0 Å². The molecule has 1 N–H and O–H groups in total. The number of amides is 1. The van der Waals surface area contributed by atoms with E-state index in [1.165, 1.54) is 6.26 Å². The lowest BCUT2D eigenvalue weighted by molar-refractivity contribution is 0.0930. The number of anilines is 1. The van der Waals surface area contributed by atoms with E-state index in [0.29, 0.717) is 12.0 Å². The first-order chi connectivity index (χ1) is 17.2. The Hall–Kier alpha value is -2.97. The minimum absolute atomic E-state index is 0.0350. The molecule has 0 bridgehead atoms. The lowest BCUT2D eigenvalue weighted by atomic mass is 9.99. The molecule has 0 radical (unpaired) electrons. The van der Waals surface area contributed by atoms with Gasteiger partial charge < -0.3 is 10.2 Å². The zero-order chi connectivity index (χ0) is 25.3. The van der Waals surface area contributed by atoms with Gasteiger partial charge in [0.25, 0.3) is 5.91 Å². The van der Waals surface area contributed by atoms with Crippen molar-refractivity contribution < 1.29 is 13.2 Å². The predicted molar refractivity (Wildman–Crippen MR) is 144 cm³/mol. The van der Waals surface area contributed by atoms with E-state index in [9.17, 15) is 13.2 Å². The summed E-state index contributed by atoms with van der Waals surface area (Å²) in [5.41, 5.74) is 4.49. The van der Waals surface area contributed by atoms with Gasteiger partial charge in [-0.25, -0.2) is 8.42 Å². The highest BCUT2D eigenvalue weighted by atomic mass is 32.2. The van der Waals surface area contributed by atoms with Crippen LogP contribution in [-0.4, -0.2) is 68.9 Å². The summed E-state index contributed by atoms with van der Waals surface area (Å²) in [7, 11) is -2.91. The van der Waals surface area contributed by atoms with E-state index in [4.69, 9.17) is 0 Å². The second-order valence-electron chi connectivity index (χ2n) is 10.2. The highest BCUT2D eigenvalue weighted by molar-refractivity contribution is 7.90. The molecular weight excluding hydrogens is 472 g/mol. The molecule has 5 rings (SSSR count). The number of piperazine rings is 1. The number of aromatic nitrogens is 1. The summed E-state index contributed by atoms with van der Waals surface area (Å²) >= 11 is 0. The van der Waals surface area contributed by atoms with Crippen molar-refractivity contribution in [3.63, 3.8) is 0 Å². The van der Waals surface area contributed by atoms with Crippen molar-refractivity contribution in [2.24, 2.45) is 0 Å². The van der Waals surface area contributed by atoms with E-state index >= 15 is 0 Å². The molecule has 1 aromatic heterocycles. The molecule has 8 heteroatoms. The molecule has 2 heterocycles. The van der Waals surface area contributed by atoms with Crippen molar-refractivity contribution in [1.29, 1.82) is 0 Å². The van der Waals surface area contributed by atoms with Crippen molar-refractivity contribution in [2.75, 3.05) is 49.6 Å². The van der Waals surface area contributed by atoms with E-state index in [0.717, 1.165) is 73.3 Å². The Balaban J connectivity index is 1.26. The molecule has 1 amide bonds. The van der Waals surface area contributed by atoms with Crippen LogP contribution in [0, 0.1) is 6.92 Å². The zero-order valence-corrected chi connectivity index (χ0v) is 21.9. The van der Waals surface area contributed by atoms with E-state index in [-0.39, 0.29) is 17.2 Å². The van der Waals surface area contributed by atoms with Gasteiger partial charge in [0.05, 0.1) is 16.8 Å². The number of nitrogens with zero attached hydrogens (tertiary/aromatic N) is 3. The van der Waals surface area contributed by atoms with Crippen molar-refractivity contribution in [2.45, 2.75) is 31.7 Å². The third kappa shape index (κ3) is 5.39. The number of carbonyl (C=O) groups excluding carboxylic acids is 1. The minimum Gasteiger partial charge on any atom is -0.369 e. The number of fused-ring (bicyclic) bond motifs is 1. The average Bonchev–Trinajstić information content (AvgIpc) is 3.64. The molecule has 2 aliphatic rings. The van der Waals surface area contributed by atoms with Gasteiger partial charge in [0.1, 0.15) is 9.84 Å². The molecule has 0 spiro atoms. The van der Waals surface area contributed by atoms with Gasteiger partial charge in [-0.1, -0.05) is 24.3 Å². The molecule has 0 atom stereocenters. The molecule has 1 aliphatic heterocycles. The van der Waals surface area contributed by atoms with Gasteiger partial charge in [-0.3, -0.25) is 14.7 Å². The maximum atomic E-state index is 13.5. The summed E-state index contributed by atoms with van der Waals surface area (Å²) in [4.78, 5) is 22.6. The van der Waals surface area contributed by atoms with Crippen LogP contribution < -0.4 is 10.2 Å². The van der Waals surface area contributed by atoms with E-state index < -0.39 is 9.84 Å². The van der Waals surface area contributed by atoms with Crippen LogP contribution in [-0.2, 0) is 15.4 Å². The average molecular weight is 507 g/mol. The quantitative estimate of drug-likeness (QED) is 0.504. The third-order valence-corrected chi connectivity index (χ3v) is 8.49. The molecule has 0 unspecified atom stereocenters. The van der Waals surface area contributed by atoms with Crippen molar-refractivity contribution in [3.8, 4) is 0 Å².